The van der Waals surface area contributed by atoms with E-state index in [4.69, 9.17) is 0 Å². The third kappa shape index (κ3) is 2.56. The lowest BCUT2D eigenvalue weighted by Gasteiger charge is -2.26. The smallest absolute Gasteiger partial charge is 0.222 e. The Kier molecular flexibility index (Phi) is 3.92. The zero-order valence-corrected chi connectivity index (χ0v) is 15.0. The van der Waals surface area contributed by atoms with Crippen molar-refractivity contribution in [3.05, 3.63) is 34.0 Å². The van der Waals surface area contributed by atoms with Gasteiger partial charge in [0.2, 0.25) is 5.91 Å². The predicted octanol–water partition coefficient (Wildman–Crippen LogP) is 1.80. The average Bonchev–Trinajstić information content (AvgIpc) is 3.30. The number of carbonyl (C=O) groups excluding carboxylic acids is 1. The van der Waals surface area contributed by atoms with Gasteiger partial charge in [0.15, 0.2) is 5.82 Å². The van der Waals surface area contributed by atoms with E-state index in [1.807, 2.05) is 18.7 Å². The monoisotopic (exact) mass is 345 g/mol. The van der Waals surface area contributed by atoms with E-state index in [9.17, 15) is 4.79 Å². The number of hydrogen-bond donors (Lipinski definition) is 1. The van der Waals surface area contributed by atoms with Crippen LogP contribution in [0.5, 0.6) is 0 Å². The lowest BCUT2D eigenvalue weighted by Crippen LogP contribution is -2.40. The van der Waals surface area contributed by atoms with E-state index >= 15 is 0 Å². The number of thiophene rings is 1. The summed E-state index contributed by atoms with van der Waals surface area (Å²) >= 11 is 1.74. The van der Waals surface area contributed by atoms with Crippen molar-refractivity contribution in [2.75, 3.05) is 26.2 Å². The molecule has 1 N–H and O–H groups in total. The van der Waals surface area contributed by atoms with Crippen LogP contribution >= 0.6 is 11.3 Å². The van der Waals surface area contributed by atoms with Crippen molar-refractivity contribution in [3.63, 3.8) is 0 Å². The Morgan fingerprint density at radius 1 is 1.46 bits per heavy atom. The first-order valence-corrected chi connectivity index (χ1v) is 9.45. The summed E-state index contributed by atoms with van der Waals surface area (Å²) in [5.74, 6) is 2.36. The number of aryl methyl sites for hydroxylation is 1. The van der Waals surface area contributed by atoms with Crippen molar-refractivity contribution in [2.45, 2.75) is 32.2 Å². The van der Waals surface area contributed by atoms with E-state index in [0.717, 1.165) is 44.4 Å². The summed E-state index contributed by atoms with van der Waals surface area (Å²) in [6.07, 6.45) is 0.564. The second-order valence-corrected chi connectivity index (χ2v) is 7.81. The molecule has 0 spiro atoms. The number of fused-ring (bicyclic) bond motifs is 1. The molecule has 0 saturated carbocycles. The third-order valence-electron chi connectivity index (χ3n) is 5.36. The number of H-pyrrole nitrogens is 1. The summed E-state index contributed by atoms with van der Waals surface area (Å²) in [4.78, 5) is 21.4. The quantitative estimate of drug-likeness (QED) is 0.918. The Balaban J connectivity index is 1.61. The Labute approximate surface area is 145 Å². The largest absolute Gasteiger partial charge is 0.341 e. The number of aromatic amines is 1. The minimum absolute atomic E-state index is 0.133. The molecular formula is C17H23N5OS. The normalized spacial score (nSPS) is 26.9. The Hall–Kier alpha value is -1.73. The van der Waals surface area contributed by atoms with Gasteiger partial charge in [-0.3, -0.25) is 14.8 Å². The van der Waals surface area contributed by atoms with E-state index in [1.165, 1.54) is 5.56 Å². The molecular weight excluding hydrogens is 322 g/mol. The number of hydrogen-bond acceptors (Lipinski definition) is 5. The number of likely N-dealkylation sites (tertiary alicyclic amines) is 2. The Morgan fingerprint density at radius 2 is 2.33 bits per heavy atom. The zero-order valence-electron chi connectivity index (χ0n) is 14.2. The number of rotatable bonds is 4. The summed E-state index contributed by atoms with van der Waals surface area (Å²) in [5.41, 5.74) is 1.23. The Morgan fingerprint density at radius 3 is 3.00 bits per heavy atom. The molecule has 4 heterocycles. The number of nitrogens with zero attached hydrogens (tertiary/aromatic N) is 4. The number of nitrogens with one attached hydrogen (secondary N) is 1. The van der Waals surface area contributed by atoms with Gasteiger partial charge in [0, 0.05) is 45.1 Å². The second kappa shape index (κ2) is 5.97. The lowest BCUT2D eigenvalue weighted by atomic mass is 9.80. The fourth-order valence-corrected chi connectivity index (χ4v) is 4.89. The average molecular weight is 345 g/mol. The van der Waals surface area contributed by atoms with Crippen LogP contribution in [0.25, 0.3) is 0 Å². The highest BCUT2D eigenvalue weighted by Crippen LogP contribution is 2.44. The summed E-state index contributed by atoms with van der Waals surface area (Å²) < 4.78 is 0. The molecule has 6 nitrogen and oxygen atoms in total. The third-order valence-corrected chi connectivity index (χ3v) is 6.10. The number of aromatic nitrogens is 3. The van der Waals surface area contributed by atoms with Crippen LogP contribution in [0.2, 0.25) is 0 Å². The standard InChI is InChI=1S/C17H23N5OS/c1-3-15(23)22-8-14-7-21(6-13-4-5-24-9-13)10-17(14,11-22)16-18-12(2)19-20-16/h4-5,9,14H,3,6-8,10-11H2,1-2H3,(H,18,19,20)/t14-,17-/m1/s1. The molecule has 128 valence electrons. The van der Waals surface area contributed by atoms with Crippen LogP contribution in [0.15, 0.2) is 16.8 Å². The molecule has 0 bridgehead atoms. The highest BCUT2D eigenvalue weighted by Gasteiger charge is 2.56. The molecule has 0 aliphatic carbocycles. The van der Waals surface area contributed by atoms with Crippen molar-refractivity contribution >= 4 is 17.2 Å². The van der Waals surface area contributed by atoms with Crippen LogP contribution in [0.4, 0.5) is 0 Å². The van der Waals surface area contributed by atoms with Crippen molar-refractivity contribution in [2.24, 2.45) is 5.92 Å². The van der Waals surface area contributed by atoms with Crippen LogP contribution in [-0.2, 0) is 16.8 Å². The van der Waals surface area contributed by atoms with Gasteiger partial charge in [-0.15, -0.1) is 0 Å². The molecule has 2 saturated heterocycles. The minimum Gasteiger partial charge on any atom is -0.341 e. The molecule has 7 heteroatoms. The van der Waals surface area contributed by atoms with E-state index in [1.54, 1.807) is 11.3 Å². The maximum absolute atomic E-state index is 12.2. The van der Waals surface area contributed by atoms with Gasteiger partial charge in [0.1, 0.15) is 5.82 Å². The summed E-state index contributed by atoms with van der Waals surface area (Å²) in [6, 6.07) is 2.19. The van der Waals surface area contributed by atoms with Crippen molar-refractivity contribution in [3.8, 4) is 0 Å². The molecule has 1 amide bonds. The molecule has 2 aliphatic heterocycles. The Bertz CT molecular complexity index is 727. The van der Waals surface area contributed by atoms with Gasteiger partial charge in [0.25, 0.3) is 0 Å². The van der Waals surface area contributed by atoms with Gasteiger partial charge in [0.05, 0.1) is 5.41 Å². The maximum Gasteiger partial charge on any atom is 0.222 e. The SMILES string of the molecule is CCC(=O)N1C[C@H]2CN(Cc3ccsc3)C[C@@]2(c2n[nH]c(C)n2)C1. The van der Waals surface area contributed by atoms with Gasteiger partial charge >= 0.3 is 0 Å². The van der Waals surface area contributed by atoms with Gasteiger partial charge in [-0.05, 0) is 29.3 Å². The van der Waals surface area contributed by atoms with Crippen molar-refractivity contribution in [1.82, 2.24) is 25.0 Å². The fourth-order valence-electron chi connectivity index (χ4n) is 4.23. The highest BCUT2D eigenvalue weighted by atomic mass is 32.1. The summed E-state index contributed by atoms with van der Waals surface area (Å²) in [5, 5.41) is 11.8. The summed E-state index contributed by atoms with van der Waals surface area (Å²) in [7, 11) is 0. The molecule has 2 fully saturated rings. The zero-order chi connectivity index (χ0) is 16.7. The van der Waals surface area contributed by atoms with Crippen molar-refractivity contribution in [1.29, 1.82) is 0 Å². The minimum atomic E-state index is -0.133. The molecule has 2 aromatic rings. The van der Waals surface area contributed by atoms with Gasteiger partial charge in [-0.25, -0.2) is 4.98 Å². The second-order valence-electron chi connectivity index (χ2n) is 7.03. The highest BCUT2D eigenvalue weighted by molar-refractivity contribution is 7.07. The molecule has 0 aromatic carbocycles. The number of amides is 1. The van der Waals surface area contributed by atoms with E-state index < -0.39 is 0 Å². The molecule has 2 aliphatic rings. The maximum atomic E-state index is 12.2. The van der Waals surface area contributed by atoms with E-state index in [0.29, 0.717) is 12.3 Å². The first-order valence-electron chi connectivity index (χ1n) is 8.51. The predicted molar refractivity (Wildman–Crippen MR) is 92.8 cm³/mol. The molecule has 24 heavy (non-hydrogen) atoms. The van der Waals surface area contributed by atoms with Gasteiger partial charge in [-0.1, -0.05) is 6.92 Å². The van der Waals surface area contributed by atoms with Crippen LogP contribution in [0, 0.1) is 12.8 Å². The first kappa shape index (κ1) is 15.8. The van der Waals surface area contributed by atoms with Crippen LogP contribution in [0.3, 0.4) is 0 Å². The molecule has 0 radical (unpaired) electrons. The van der Waals surface area contributed by atoms with Crippen LogP contribution < -0.4 is 0 Å². The van der Waals surface area contributed by atoms with Crippen LogP contribution in [-0.4, -0.2) is 57.1 Å². The molecule has 0 unspecified atom stereocenters. The van der Waals surface area contributed by atoms with Gasteiger partial charge < -0.3 is 4.90 Å². The molecule has 4 rings (SSSR count). The number of carbonyl (C=O) groups is 1. The summed E-state index contributed by atoms with van der Waals surface area (Å²) in [6.45, 7) is 8.30. The van der Waals surface area contributed by atoms with Gasteiger partial charge in [-0.2, -0.15) is 16.4 Å². The fraction of sp³-hybridized carbons (Fsp3) is 0.588. The first-order chi connectivity index (χ1) is 11.6. The van der Waals surface area contributed by atoms with Crippen molar-refractivity contribution < 1.29 is 4.79 Å². The lowest BCUT2D eigenvalue weighted by molar-refractivity contribution is -0.130. The topological polar surface area (TPSA) is 65.1 Å². The molecule has 2 aromatic heterocycles. The van der Waals surface area contributed by atoms with Crippen LogP contribution in [0.1, 0.15) is 30.6 Å². The van der Waals surface area contributed by atoms with E-state index in [2.05, 4.69) is 36.9 Å². The molecule has 2 atom stereocenters. The van der Waals surface area contributed by atoms with E-state index in [-0.39, 0.29) is 11.3 Å².